The Balaban J connectivity index is 1.61. The molecule has 0 aliphatic carbocycles. The van der Waals surface area contributed by atoms with E-state index in [9.17, 15) is 4.79 Å². The van der Waals surface area contributed by atoms with Gasteiger partial charge in [-0.3, -0.25) is 4.79 Å². The minimum absolute atomic E-state index is 0.200. The number of likely N-dealkylation sites (tertiary alicyclic amines) is 1. The normalized spacial score (nSPS) is 14.2. The van der Waals surface area contributed by atoms with Crippen LogP contribution in [0.25, 0.3) is 11.3 Å². The molecular weight excluding hydrogens is 252 g/mol. The third-order valence-corrected chi connectivity index (χ3v) is 3.65. The van der Waals surface area contributed by atoms with Crippen molar-refractivity contribution >= 4 is 5.91 Å². The predicted octanol–water partition coefficient (Wildman–Crippen LogP) is 2.81. The molecule has 0 spiro atoms. The largest absolute Gasteiger partial charge is 0.441 e. The Morgan fingerprint density at radius 1 is 1.30 bits per heavy atom. The van der Waals surface area contributed by atoms with Gasteiger partial charge in [-0.2, -0.15) is 0 Å². The molecule has 1 aromatic carbocycles. The number of hydrogen-bond donors (Lipinski definition) is 0. The van der Waals surface area contributed by atoms with Crippen LogP contribution in [-0.2, 0) is 11.2 Å². The summed E-state index contributed by atoms with van der Waals surface area (Å²) in [5.74, 6) is 1.59. The van der Waals surface area contributed by atoms with Crippen LogP contribution in [0.2, 0.25) is 0 Å². The summed E-state index contributed by atoms with van der Waals surface area (Å²) < 4.78 is 5.71. The highest BCUT2D eigenvalue weighted by Gasteiger charge is 2.20. The SMILES string of the molecule is Cc1ccc(-c2cnc(CCC(=O)N3CCC3)o2)cc1. The molecule has 2 aromatic rings. The fourth-order valence-corrected chi connectivity index (χ4v) is 2.21. The van der Waals surface area contributed by atoms with Gasteiger partial charge in [-0.15, -0.1) is 0 Å². The molecule has 1 saturated heterocycles. The number of oxazole rings is 1. The van der Waals surface area contributed by atoms with Crippen molar-refractivity contribution in [2.45, 2.75) is 26.2 Å². The Morgan fingerprint density at radius 2 is 2.05 bits per heavy atom. The molecule has 0 radical (unpaired) electrons. The lowest BCUT2D eigenvalue weighted by molar-refractivity contribution is -0.134. The number of carbonyl (C=O) groups excluding carboxylic acids is 1. The summed E-state index contributed by atoms with van der Waals surface area (Å²) >= 11 is 0. The third kappa shape index (κ3) is 2.74. The lowest BCUT2D eigenvalue weighted by Crippen LogP contribution is -2.42. The summed E-state index contributed by atoms with van der Waals surface area (Å²) in [6.45, 7) is 3.86. The summed E-state index contributed by atoms with van der Waals surface area (Å²) in [7, 11) is 0. The van der Waals surface area contributed by atoms with Crippen LogP contribution in [0.15, 0.2) is 34.9 Å². The molecule has 1 amide bonds. The molecule has 1 fully saturated rings. The standard InChI is InChI=1S/C16H18N2O2/c1-12-3-5-13(6-4-12)14-11-17-15(20-14)7-8-16(19)18-9-2-10-18/h3-6,11H,2,7-10H2,1H3. The third-order valence-electron chi connectivity index (χ3n) is 3.65. The lowest BCUT2D eigenvalue weighted by atomic mass is 10.1. The first-order valence-corrected chi connectivity index (χ1v) is 7.02. The molecule has 1 aromatic heterocycles. The summed E-state index contributed by atoms with van der Waals surface area (Å²) in [4.78, 5) is 17.9. The van der Waals surface area contributed by atoms with E-state index in [1.807, 2.05) is 29.2 Å². The van der Waals surface area contributed by atoms with Gasteiger partial charge < -0.3 is 9.32 Å². The van der Waals surface area contributed by atoms with Gasteiger partial charge in [0.05, 0.1) is 6.20 Å². The lowest BCUT2D eigenvalue weighted by Gasteiger charge is -2.30. The van der Waals surface area contributed by atoms with Crippen LogP contribution in [0.4, 0.5) is 0 Å². The maximum Gasteiger partial charge on any atom is 0.223 e. The van der Waals surface area contributed by atoms with Crippen molar-refractivity contribution in [3.05, 3.63) is 41.9 Å². The van der Waals surface area contributed by atoms with Gasteiger partial charge in [0.2, 0.25) is 5.91 Å². The van der Waals surface area contributed by atoms with Gasteiger partial charge in [0, 0.05) is 31.5 Å². The van der Waals surface area contributed by atoms with Crippen LogP contribution < -0.4 is 0 Å². The Kier molecular flexibility index (Phi) is 3.54. The molecule has 3 rings (SSSR count). The molecule has 4 heteroatoms. The highest BCUT2D eigenvalue weighted by molar-refractivity contribution is 5.77. The Hall–Kier alpha value is -2.10. The fourth-order valence-electron chi connectivity index (χ4n) is 2.21. The van der Waals surface area contributed by atoms with E-state index in [4.69, 9.17) is 4.42 Å². The van der Waals surface area contributed by atoms with Crippen LogP contribution in [0.1, 0.15) is 24.3 Å². The number of benzene rings is 1. The van der Waals surface area contributed by atoms with Gasteiger partial charge in [0.15, 0.2) is 11.7 Å². The molecule has 20 heavy (non-hydrogen) atoms. The topological polar surface area (TPSA) is 46.3 Å². The fraction of sp³-hybridized carbons (Fsp3) is 0.375. The zero-order valence-electron chi connectivity index (χ0n) is 11.6. The maximum absolute atomic E-state index is 11.8. The molecule has 2 heterocycles. The Labute approximate surface area is 118 Å². The number of nitrogens with zero attached hydrogens (tertiary/aromatic N) is 2. The number of aromatic nitrogens is 1. The van der Waals surface area contributed by atoms with E-state index in [2.05, 4.69) is 11.9 Å². The first-order chi connectivity index (χ1) is 9.72. The highest BCUT2D eigenvalue weighted by atomic mass is 16.4. The van der Waals surface area contributed by atoms with Crippen molar-refractivity contribution in [3.8, 4) is 11.3 Å². The van der Waals surface area contributed by atoms with Gasteiger partial charge in [-0.1, -0.05) is 29.8 Å². The van der Waals surface area contributed by atoms with Gasteiger partial charge >= 0.3 is 0 Å². The number of hydrogen-bond acceptors (Lipinski definition) is 3. The molecule has 0 unspecified atom stereocenters. The van der Waals surface area contributed by atoms with Gasteiger partial charge in [-0.05, 0) is 13.3 Å². The van der Waals surface area contributed by atoms with Crippen molar-refractivity contribution in [2.24, 2.45) is 0 Å². The van der Waals surface area contributed by atoms with E-state index in [-0.39, 0.29) is 5.91 Å². The van der Waals surface area contributed by atoms with E-state index in [0.717, 1.165) is 30.8 Å². The zero-order valence-corrected chi connectivity index (χ0v) is 11.6. The molecule has 1 aliphatic rings. The zero-order chi connectivity index (χ0) is 13.9. The van der Waals surface area contributed by atoms with Crippen molar-refractivity contribution in [1.82, 2.24) is 9.88 Å². The molecule has 1 aliphatic heterocycles. The Bertz CT molecular complexity index is 597. The summed E-state index contributed by atoms with van der Waals surface area (Å²) in [5.41, 5.74) is 2.23. The van der Waals surface area contributed by atoms with Gasteiger partial charge in [0.25, 0.3) is 0 Å². The average Bonchev–Trinajstić information content (AvgIpc) is 2.84. The Morgan fingerprint density at radius 3 is 2.70 bits per heavy atom. The second-order valence-electron chi connectivity index (χ2n) is 5.22. The second kappa shape index (κ2) is 5.49. The average molecular weight is 270 g/mol. The van der Waals surface area contributed by atoms with Gasteiger partial charge in [0.1, 0.15) is 0 Å². The van der Waals surface area contributed by atoms with Crippen LogP contribution >= 0.6 is 0 Å². The monoisotopic (exact) mass is 270 g/mol. The van der Waals surface area contributed by atoms with E-state index in [0.29, 0.717) is 18.7 Å². The summed E-state index contributed by atoms with van der Waals surface area (Å²) in [6.07, 6.45) is 3.91. The summed E-state index contributed by atoms with van der Waals surface area (Å²) in [6, 6.07) is 8.13. The molecule has 0 N–H and O–H groups in total. The minimum atomic E-state index is 0.200. The molecule has 0 saturated carbocycles. The first-order valence-electron chi connectivity index (χ1n) is 7.02. The van der Waals surface area contributed by atoms with E-state index in [1.54, 1.807) is 6.20 Å². The van der Waals surface area contributed by atoms with Crippen LogP contribution in [0.5, 0.6) is 0 Å². The van der Waals surface area contributed by atoms with Crippen LogP contribution in [0, 0.1) is 6.92 Å². The number of rotatable bonds is 4. The second-order valence-corrected chi connectivity index (χ2v) is 5.22. The smallest absolute Gasteiger partial charge is 0.223 e. The number of aryl methyl sites for hydroxylation is 2. The predicted molar refractivity (Wildman–Crippen MR) is 76.2 cm³/mol. The van der Waals surface area contributed by atoms with Crippen LogP contribution in [-0.4, -0.2) is 28.9 Å². The molecular formula is C16H18N2O2. The van der Waals surface area contributed by atoms with E-state index in [1.165, 1.54) is 5.56 Å². The molecule has 104 valence electrons. The van der Waals surface area contributed by atoms with E-state index >= 15 is 0 Å². The van der Waals surface area contributed by atoms with E-state index < -0.39 is 0 Å². The number of amides is 1. The quantitative estimate of drug-likeness (QED) is 0.858. The van der Waals surface area contributed by atoms with Crippen molar-refractivity contribution in [1.29, 1.82) is 0 Å². The maximum atomic E-state index is 11.8. The van der Waals surface area contributed by atoms with Gasteiger partial charge in [-0.25, -0.2) is 4.98 Å². The van der Waals surface area contributed by atoms with Crippen molar-refractivity contribution in [2.75, 3.05) is 13.1 Å². The first kappa shape index (κ1) is 12.9. The number of carbonyl (C=O) groups is 1. The summed E-state index contributed by atoms with van der Waals surface area (Å²) in [5, 5.41) is 0. The molecule has 4 nitrogen and oxygen atoms in total. The molecule has 0 atom stereocenters. The highest BCUT2D eigenvalue weighted by Crippen LogP contribution is 2.21. The van der Waals surface area contributed by atoms with Crippen molar-refractivity contribution < 1.29 is 9.21 Å². The molecule has 0 bridgehead atoms. The van der Waals surface area contributed by atoms with Crippen LogP contribution in [0.3, 0.4) is 0 Å². The van der Waals surface area contributed by atoms with Crippen molar-refractivity contribution in [3.63, 3.8) is 0 Å². The minimum Gasteiger partial charge on any atom is -0.441 e.